The van der Waals surface area contributed by atoms with E-state index in [-0.39, 0.29) is 17.3 Å². The van der Waals surface area contributed by atoms with Crippen LogP contribution in [0.3, 0.4) is 0 Å². The molecule has 2 aliphatic heterocycles. The number of aromatic nitrogens is 1. The third kappa shape index (κ3) is 4.24. The van der Waals surface area contributed by atoms with Gasteiger partial charge in [0.2, 0.25) is 6.21 Å². The van der Waals surface area contributed by atoms with Crippen LogP contribution in [0.25, 0.3) is 0 Å². The summed E-state index contributed by atoms with van der Waals surface area (Å²) in [6, 6.07) is 0. The van der Waals surface area contributed by atoms with E-state index in [0.29, 0.717) is 4.74 Å². The van der Waals surface area contributed by atoms with Crippen LogP contribution in [-0.4, -0.2) is 81.8 Å². The fourth-order valence-corrected chi connectivity index (χ4v) is 3.75. The summed E-state index contributed by atoms with van der Waals surface area (Å²) in [7, 11) is 0. The molecule has 0 aromatic carbocycles. The lowest BCUT2D eigenvalue weighted by atomic mass is 10.1. The standard InChI is InChI=1S/C17H22N2O8S/c1-4-5-24-16(22)9-8-28-11(18-9)6-19(23)15-14-13(26-17(2,3)27-14)12(25-15)10(21)7-20/h4,6,8,10,12-15,20-21H,1,5,7H2,2-3H3/b19-6-/t10-,12-,13+,14+,15+/m1/s1. The number of aliphatic hydroxyl groups excluding tert-OH is 2. The lowest BCUT2D eigenvalue weighted by Gasteiger charge is -2.25. The molecule has 0 radical (unpaired) electrons. The molecule has 0 amide bonds. The van der Waals surface area contributed by atoms with Gasteiger partial charge in [0.25, 0.3) is 6.23 Å². The fraction of sp³-hybridized carbons (Fsp3) is 0.588. The van der Waals surface area contributed by atoms with Crippen LogP contribution in [-0.2, 0) is 18.9 Å². The topological polar surface area (TPSA) is 133 Å². The van der Waals surface area contributed by atoms with Gasteiger partial charge in [-0.3, -0.25) is 0 Å². The first-order chi connectivity index (χ1) is 13.3. The van der Waals surface area contributed by atoms with Crippen molar-refractivity contribution in [2.75, 3.05) is 13.2 Å². The van der Waals surface area contributed by atoms with Gasteiger partial charge >= 0.3 is 5.97 Å². The van der Waals surface area contributed by atoms with Gasteiger partial charge in [-0.15, -0.1) is 11.3 Å². The number of esters is 1. The molecule has 3 heterocycles. The highest BCUT2D eigenvalue weighted by molar-refractivity contribution is 7.11. The number of carbonyl (C=O) groups is 1. The van der Waals surface area contributed by atoms with E-state index in [1.807, 2.05) is 0 Å². The maximum atomic E-state index is 12.7. The van der Waals surface area contributed by atoms with E-state index in [4.69, 9.17) is 18.9 Å². The summed E-state index contributed by atoms with van der Waals surface area (Å²) < 4.78 is 22.5. The van der Waals surface area contributed by atoms with Crippen molar-refractivity contribution in [2.24, 2.45) is 0 Å². The molecule has 1 aromatic heterocycles. The number of hydrogen-bond acceptors (Lipinski definition) is 10. The minimum Gasteiger partial charge on any atom is -0.622 e. The van der Waals surface area contributed by atoms with Gasteiger partial charge in [-0.25, -0.2) is 9.78 Å². The van der Waals surface area contributed by atoms with Crippen molar-refractivity contribution in [2.45, 2.75) is 50.3 Å². The summed E-state index contributed by atoms with van der Waals surface area (Å²) >= 11 is 1.08. The number of rotatable bonds is 7. The van der Waals surface area contributed by atoms with Crippen LogP contribution < -0.4 is 0 Å². The van der Waals surface area contributed by atoms with Gasteiger partial charge < -0.3 is 34.4 Å². The van der Waals surface area contributed by atoms with E-state index >= 15 is 0 Å². The molecule has 10 nitrogen and oxygen atoms in total. The maximum Gasteiger partial charge on any atom is 0.358 e. The first-order valence-corrected chi connectivity index (χ1v) is 9.47. The van der Waals surface area contributed by atoms with E-state index in [9.17, 15) is 20.2 Å². The van der Waals surface area contributed by atoms with Crippen LogP contribution in [0.15, 0.2) is 18.0 Å². The Morgan fingerprint density at radius 1 is 1.54 bits per heavy atom. The van der Waals surface area contributed by atoms with Crippen molar-refractivity contribution < 1.29 is 38.7 Å². The van der Waals surface area contributed by atoms with Gasteiger partial charge in [0, 0.05) is 5.38 Å². The van der Waals surface area contributed by atoms with Crippen molar-refractivity contribution in [3.05, 3.63) is 33.9 Å². The lowest BCUT2D eigenvalue weighted by molar-refractivity contribution is -0.562. The normalized spacial score (nSPS) is 30.1. The molecule has 154 valence electrons. The number of ether oxygens (including phenoxy) is 4. The van der Waals surface area contributed by atoms with Crippen LogP contribution in [0.1, 0.15) is 29.3 Å². The zero-order chi connectivity index (χ0) is 20.5. The first-order valence-electron chi connectivity index (χ1n) is 8.59. The Morgan fingerprint density at radius 3 is 2.93 bits per heavy atom. The summed E-state index contributed by atoms with van der Waals surface area (Å²) in [4.78, 5) is 15.8. The van der Waals surface area contributed by atoms with Crippen molar-refractivity contribution in [3.63, 3.8) is 0 Å². The fourth-order valence-electron chi connectivity index (χ4n) is 3.06. The maximum absolute atomic E-state index is 12.7. The Labute approximate surface area is 165 Å². The predicted octanol–water partition coefficient (Wildman–Crippen LogP) is 0.0133. The summed E-state index contributed by atoms with van der Waals surface area (Å²) in [6.45, 7) is 6.34. The van der Waals surface area contributed by atoms with Gasteiger partial charge in [-0.2, -0.15) is 4.74 Å². The molecule has 2 saturated heterocycles. The Bertz CT molecular complexity index is 764. The largest absolute Gasteiger partial charge is 0.622 e. The van der Waals surface area contributed by atoms with Gasteiger partial charge in [-0.1, -0.05) is 12.7 Å². The van der Waals surface area contributed by atoms with Crippen molar-refractivity contribution >= 4 is 23.5 Å². The van der Waals surface area contributed by atoms with Crippen LogP contribution >= 0.6 is 11.3 Å². The van der Waals surface area contributed by atoms with Crippen LogP contribution in [0.5, 0.6) is 0 Å². The van der Waals surface area contributed by atoms with E-state index in [1.165, 1.54) is 17.7 Å². The molecule has 0 aliphatic carbocycles. The third-order valence-electron chi connectivity index (χ3n) is 4.18. The highest BCUT2D eigenvalue weighted by Gasteiger charge is 2.60. The zero-order valence-corrected chi connectivity index (χ0v) is 16.2. The third-order valence-corrected chi connectivity index (χ3v) is 4.96. The zero-order valence-electron chi connectivity index (χ0n) is 15.4. The average molecular weight is 414 g/mol. The Balaban J connectivity index is 1.77. The number of fused-ring (bicyclic) bond motifs is 1. The minimum absolute atomic E-state index is 0.0593. The van der Waals surface area contributed by atoms with E-state index in [0.717, 1.165) is 11.3 Å². The Kier molecular flexibility index (Phi) is 6.12. The minimum atomic E-state index is -1.23. The molecule has 2 aliphatic rings. The van der Waals surface area contributed by atoms with E-state index in [1.54, 1.807) is 13.8 Å². The summed E-state index contributed by atoms with van der Waals surface area (Å²) in [5.41, 5.74) is 0.0758. The molecule has 2 N–H and O–H groups in total. The molecule has 11 heteroatoms. The second kappa shape index (κ2) is 8.23. The second-order valence-electron chi connectivity index (χ2n) is 6.75. The van der Waals surface area contributed by atoms with Gasteiger partial charge in [0.1, 0.15) is 24.9 Å². The smallest absolute Gasteiger partial charge is 0.358 e. The molecule has 0 saturated carbocycles. The average Bonchev–Trinajstić information content (AvgIpc) is 3.31. The molecule has 1 aromatic rings. The highest BCUT2D eigenvalue weighted by Crippen LogP contribution is 2.39. The van der Waals surface area contributed by atoms with Crippen LogP contribution in [0.2, 0.25) is 0 Å². The number of aliphatic hydroxyl groups is 2. The van der Waals surface area contributed by atoms with E-state index < -0.39 is 49.0 Å². The van der Waals surface area contributed by atoms with Crippen LogP contribution in [0.4, 0.5) is 0 Å². The number of hydrogen-bond donors (Lipinski definition) is 2. The molecule has 0 bridgehead atoms. The quantitative estimate of drug-likeness (QED) is 0.158. The highest BCUT2D eigenvalue weighted by atomic mass is 32.1. The second-order valence-corrected chi connectivity index (χ2v) is 7.64. The summed E-state index contributed by atoms with van der Waals surface area (Å²) in [6.07, 6.45) is -2.15. The van der Waals surface area contributed by atoms with Gasteiger partial charge in [-0.05, 0) is 13.8 Å². The molecule has 2 fully saturated rings. The first kappa shape index (κ1) is 20.8. The van der Waals surface area contributed by atoms with Crippen molar-refractivity contribution in [1.29, 1.82) is 0 Å². The Morgan fingerprint density at radius 2 is 2.25 bits per heavy atom. The molecular formula is C17H22N2O8S. The molecule has 0 unspecified atom stereocenters. The summed E-state index contributed by atoms with van der Waals surface area (Å²) in [5, 5.41) is 33.6. The molecular weight excluding hydrogens is 392 g/mol. The van der Waals surface area contributed by atoms with E-state index in [2.05, 4.69) is 11.6 Å². The number of thiazole rings is 1. The van der Waals surface area contributed by atoms with Crippen molar-refractivity contribution in [3.8, 4) is 0 Å². The molecule has 3 rings (SSSR count). The molecule has 0 spiro atoms. The van der Waals surface area contributed by atoms with Crippen LogP contribution in [0, 0.1) is 5.21 Å². The monoisotopic (exact) mass is 414 g/mol. The number of carbonyl (C=O) groups excluding carboxylic acids is 1. The predicted molar refractivity (Wildman–Crippen MR) is 97.0 cm³/mol. The van der Waals surface area contributed by atoms with Crippen molar-refractivity contribution in [1.82, 2.24) is 4.98 Å². The Hall–Kier alpha value is -1.89. The van der Waals surface area contributed by atoms with Gasteiger partial charge in [0.05, 0.1) is 6.61 Å². The molecule has 28 heavy (non-hydrogen) atoms. The number of nitrogens with zero attached hydrogens (tertiary/aromatic N) is 2. The SMILES string of the molecule is C=CCOC(=O)c1csc(/C=[N+](\[O-])[C@H]2O[C@H]([C@H](O)CO)[C@@H]3OC(C)(C)O[C@@H]32)n1. The summed E-state index contributed by atoms with van der Waals surface area (Å²) in [5.74, 6) is -1.58. The van der Waals surface area contributed by atoms with Gasteiger partial charge in [0.15, 0.2) is 22.6 Å². The lowest BCUT2D eigenvalue weighted by Crippen LogP contribution is -2.40. The number of hydroxylamine groups is 1. The molecule has 5 atom stereocenters.